The lowest BCUT2D eigenvalue weighted by atomic mass is 10.1. The monoisotopic (exact) mass is 356 g/mol. The first-order chi connectivity index (χ1) is 12.6. The molecule has 0 bridgehead atoms. The number of aromatic nitrogens is 1. The molecule has 0 N–H and O–H groups in total. The second kappa shape index (κ2) is 8.08. The number of rotatable bonds is 7. The van der Waals surface area contributed by atoms with E-state index in [4.69, 9.17) is 13.9 Å². The largest absolute Gasteiger partial charge is 0.493 e. The van der Waals surface area contributed by atoms with Gasteiger partial charge in [-0.1, -0.05) is 31.6 Å². The van der Waals surface area contributed by atoms with E-state index in [2.05, 4.69) is 18.0 Å². The van der Waals surface area contributed by atoms with Gasteiger partial charge in [0.15, 0.2) is 23.8 Å². The van der Waals surface area contributed by atoms with Gasteiger partial charge in [-0.15, -0.1) is 0 Å². The normalized spacial score (nSPS) is 16.1. The Bertz CT molecular complexity index is 797. The number of oxazole rings is 1. The molecule has 1 aromatic heterocycles. The molecule has 2 aromatic rings. The molecule has 6 nitrogen and oxygen atoms in total. The Morgan fingerprint density at radius 2 is 2.23 bits per heavy atom. The number of methoxy groups -OCH3 is 1. The second-order valence-electron chi connectivity index (χ2n) is 6.31. The summed E-state index contributed by atoms with van der Waals surface area (Å²) in [5, 5.41) is 0. The van der Waals surface area contributed by atoms with Crippen molar-refractivity contribution < 1.29 is 18.7 Å². The summed E-state index contributed by atoms with van der Waals surface area (Å²) in [5.41, 5.74) is 1.39. The van der Waals surface area contributed by atoms with Gasteiger partial charge in [0.25, 0.3) is 5.91 Å². The summed E-state index contributed by atoms with van der Waals surface area (Å²) in [4.78, 5) is 18.8. The van der Waals surface area contributed by atoms with Gasteiger partial charge in [0.1, 0.15) is 6.26 Å². The van der Waals surface area contributed by atoms with Crippen molar-refractivity contribution >= 4 is 5.91 Å². The van der Waals surface area contributed by atoms with Crippen molar-refractivity contribution in [1.29, 1.82) is 0 Å². The van der Waals surface area contributed by atoms with Crippen molar-refractivity contribution in [1.82, 2.24) is 9.88 Å². The van der Waals surface area contributed by atoms with Crippen LogP contribution >= 0.6 is 0 Å². The number of ether oxygens (including phenoxy) is 2. The van der Waals surface area contributed by atoms with Gasteiger partial charge in [0.2, 0.25) is 5.89 Å². The molecule has 0 saturated carbocycles. The van der Waals surface area contributed by atoms with Crippen molar-refractivity contribution in [2.75, 3.05) is 13.7 Å². The standard InChI is InChI=1S/C20H24N2O4/c1-4-6-15-7-5-10-22(15)20(23)16-12-26-19(21-16)13-25-17-9-8-14(2)11-18(17)24-3/h5,7-9,11-12,15H,4,6,10,13H2,1-3H3/t15-/m0/s1. The molecule has 2 heterocycles. The summed E-state index contributed by atoms with van der Waals surface area (Å²) in [6.07, 6.45) is 7.47. The van der Waals surface area contributed by atoms with Gasteiger partial charge in [0, 0.05) is 6.54 Å². The van der Waals surface area contributed by atoms with Crippen molar-refractivity contribution in [3.63, 3.8) is 0 Å². The molecule has 1 aliphatic heterocycles. The van der Waals surface area contributed by atoms with E-state index in [-0.39, 0.29) is 18.6 Å². The lowest BCUT2D eigenvalue weighted by Gasteiger charge is -2.23. The Morgan fingerprint density at radius 1 is 1.38 bits per heavy atom. The Hall–Kier alpha value is -2.76. The molecule has 6 heteroatoms. The molecule has 0 unspecified atom stereocenters. The Balaban J connectivity index is 1.64. The fourth-order valence-electron chi connectivity index (χ4n) is 3.01. The lowest BCUT2D eigenvalue weighted by molar-refractivity contribution is 0.0738. The van der Waals surface area contributed by atoms with Crippen molar-refractivity contribution in [2.24, 2.45) is 0 Å². The van der Waals surface area contributed by atoms with Gasteiger partial charge in [0.05, 0.1) is 13.2 Å². The van der Waals surface area contributed by atoms with Crippen LogP contribution in [0.15, 0.2) is 41.0 Å². The van der Waals surface area contributed by atoms with Gasteiger partial charge in [-0.05, 0) is 31.0 Å². The van der Waals surface area contributed by atoms with Crippen LogP contribution in [0.3, 0.4) is 0 Å². The molecule has 0 radical (unpaired) electrons. The number of carbonyl (C=O) groups excluding carboxylic acids is 1. The Kier molecular flexibility index (Phi) is 5.61. The summed E-state index contributed by atoms with van der Waals surface area (Å²) in [7, 11) is 1.60. The van der Waals surface area contributed by atoms with Crippen LogP contribution in [0.25, 0.3) is 0 Å². The highest BCUT2D eigenvalue weighted by Gasteiger charge is 2.27. The van der Waals surface area contributed by atoms with E-state index < -0.39 is 0 Å². The van der Waals surface area contributed by atoms with Crippen molar-refractivity contribution in [3.05, 3.63) is 53.8 Å². The minimum Gasteiger partial charge on any atom is -0.493 e. The third-order valence-electron chi connectivity index (χ3n) is 4.35. The fraction of sp³-hybridized carbons (Fsp3) is 0.400. The summed E-state index contributed by atoms with van der Waals surface area (Å²) in [5.74, 6) is 1.50. The maximum atomic E-state index is 12.7. The zero-order valence-corrected chi connectivity index (χ0v) is 15.4. The first-order valence-electron chi connectivity index (χ1n) is 8.81. The van der Waals surface area contributed by atoms with Crippen molar-refractivity contribution in [3.8, 4) is 11.5 Å². The number of aryl methyl sites for hydroxylation is 1. The van der Waals surface area contributed by atoms with E-state index in [9.17, 15) is 4.79 Å². The molecule has 0 saturated heterocycles. The number of benzene rings is 1. The molecule has 0 spiro atoms. The summed E-state index contributed by atoms with van der Waals surface area (Å²) in [6, 6.07) is 5.82. The highest BCUT2D eigenvalue weighted by Crippen LogP contribution is 2.28. The first kappa shape index (κ1) is 18.0. The van der Waals surface area contributed by atoms with Crippen LogP contribution in [-0.2, 0) is 6.61 Å². The molecule has 1 atom stereocenters. The lowest BCUT2D eigenvalue weighted by Crippen LogP contribution is -2.36. The van der Waals surface area contributed by atoms with Gasteiger partial charge in [-0.2, -0.15) is 0 Å². The zero-order chi connectivity index (χ0) is 18.5. The van der Waals surface area contributed by atoms with Gasteiger partial charge < -0.3 is 18.8 Å². The van der Waals surface area contributed by atoms with E-state index in [0.717, 1.165) is 18.4 Å². The van der Waals surface area contributed by atoms with Crippen LogP contribution in [0.2, 0.25) is 0 Å². The molecule has 3 rings (SSSR count). The number of hydrogen-bond acceptors (Lipinski definition) is 5. The molecular weight excluding hydrogens is 332 g/mol. The maximum absolute atomic E-state index is 12.7. The first-order valence-corrected chi connectivity index (χ1v) is 8.81. The van der Waals surface area contributed by atoms with E-state index in [1.165, 1.54) is 6.26 Å². The second-order valence-corrected chi connectivity index (χ2v) is 6.31. The topological polar surface area (TPSA) is 64.8 Å². The molecule has 0 aliphatic carbocycles. The highest BCUT2D eigenvalue weighted by atomic mass is 16.5. The smallest absolute Gasteiger partial charge is 0.276 e. The fourth-order valence-corrected chi connectivity index (χ4v) is 3.01. The Morgan fingerprint density at radius 3 is 3.00 bits per heavy atom. The number of nitrogens with zero attached hydrogens (tertiary/aromatic N) is 2. The minimum absolute atomic E-state index is 0.114. The summed E-state index contributed by atoms with van der Waals surface area (Å²) >= 11 is 0. The number of hydrogen-bond donors (Lipinski definition) is 0. The maximum Gasteiger partial charge on any atom is 0.276 e. The van der Waals surface area contributed by atoms with Crippen LogP contribution in [0, 0.1) is 6.92 Å². The molecule has 1 amide bonds. The molecular formula is C20H24N2O4. The quantitative estimate of drug-likeness (QED) is 0.707. The molecule has 1 aliphatic rings. The average Bonchev–Trinajstić information content (AvgIpc) is 3.30. The Labute approximate surface area is 153 Å². The van der Waals surface area contributed by atoms with Crippen LogP contribution in [0.5, 0.6) is 11.5 Å². The molecule has 138 valence electrons. The highest BCUT2D eigenvalue weighted by molar-refractivity contribution is 5.92. The summed E-state index contributed by atoms with van der Waals surface area (Å²) < 4.78 is 16.5. The van der Waals surface area contributed by atoms with Gasteiger partial charge >= 0.3 is 0 Å². The summed E-state index contributed by atoms with van der Waals surface area (Å²) in [6.45, 7) is 4.84. The predicted octanol–water partition coefficient (Wildman–Crippen LogP) is 3.75. The predicted molar refractivity (Wildman–Crippen MR) is 97.4 cm³/mol. The van der Waals surface area contributed by atoms with E-state index in [1.807, 2.05) is 36.1 Å². The van der Waals surface area contributed by atoms with Crippen LogP contribution in [-0.4, -0.2) is 35.5 Å². The molecule has 1 aromatic carbocycles. The number of carbonyl (C=O) groups is 1. The van der Waals surface area contributed by atoms with Gasteiger partial charge in [-0.3, -0.25) is 4.79 Å². The zero-order valence-electron chi connectivity index (χ0n) is 15.4. The van der Waals surface area contributed by atoms with E-state index in [1.54, 1.807) is 7.11 Å². The van der Waals surface area contributed by atoms with E-state index >= 15 is 0 Å². The van der Waals surface area contributed by atoms with Gasteiger partial charge in [-0.25, -0.2) is 4.98 Å². The van der Waals surface area contributed by atoms with Crippen LogP contribution in [0.4, 0.5) is 0 Å². The third kappa shape index (κ3) is 3.90. The van der Waals surface area contributed by atoms with Crippen LogP contribution in [0.1, 0.15) is 41.7 Å². The SMILES string of the molecule is CCC[C@H]1C=CCN1C(=O)c1coc(COc2ccc(C)cc2OC)n1. The number of amides is 1. The minimum atomic E-state index is -0.114. The molecule has 0 fully saturated rings. The average molecular weight is 356 g/mol. The molecule has 26 heavy (non-hydrogen) atoms. The van der Waals surface area contributed by atoms with Crippen LogP contribution < -0.4 is 9.47 Å². The third-order valence-corrected chi connectivity index (χ3v) is 4.35. The van der Waals surface area contributed by atoms with E-state index in [0.29, 0.717) is 29.6 Å². The van der Waals surface area contributed by atoms with Crippen molar-refractivity contribution in [2.45, 2.75) is 39.3 Å².